The van der Waals surface area contributed by atoms with Crippen molar-refractivity contribution in [2.45, 2.75) is 6.42 Å². The number of hydrogen-bond donors (Lipinski definition) is 2. The van der Waals surface area contributed by atoms with E-state index in [-0.39, 0.29) is 0 Å². The number of benzene rings is 1. The fourth-order valence-corrected chi connectivity index (χ4v) is 1.44. The van der Waals surface area contributed by atoms with Gasteiger partial charge in [0.25, 0.3) is 0 Å². The molecule has 0 bridgehead atoms. The molecule has 1 rings (SSSR count). The first-order valence-corrected chi connectivity index (χ1v) is 4.16. The minimum atomic E-state index is 0.310. The minimum absolute atomic E-state index is 0.310. The maximum absolute atomic E-state index is 5.86. The van der Waals surface area contributed by atoms with Crippen molar-refractivity contribution < 1.29 is 5.41 Å². The van der Waals surface area contributed by atoms with Gasteiger partial charge in [0.15, 0.2) is 0 Å². The lowest BCUT2D eigenvalue weighted by molar-refractivity contribution is -0.117. The first kappa shape index (κ1) is 9.36. The molecule has 0 aliphatic rings. The van der Waals surface area contributed by atoms with Gasteiger partial charge in [0, 0.05) is 15.6 Å². The monoisotopic (exact) mass is 203 g/mol. The maximum Gasteiger partial charge on any atom is 0.242 e. The topological polar surface area (TPSA) is 51.6 Å². The second-order valence-electron chi connectivity index (χ2n) is 2.45. The highest BCUT2D eigenvalue weighted by atomic mass is 35.5. The van der Waals surface area contributed by atoms with Crippen molar-refractivity contribution in [2.75, 3.05) is 0 Å². The quantitative estimate of drug-likeness (QED) is 0.539. The lowest BCUT2D eigenvalue weighted by Gasteiger charge is -2.02. The summed E-state index contributed by atoms with van der Waals surface area (Å²) in [7, 11) is 0. The maximum atomic E-state index is 5.86. The van der Waals surface area contributed by atoms with Crippen molar-refractivity contribution in [2.24, 2.45) is 5.73 Å². The molecule has 0 saturated heterocycles. The summed E-state index contributed by atoms with van der Waals surface area (Å²) in [5.74, 6) is 0.310. The third kappa shape index (κ3) is 2.13. The molecule has 0 spiro atoms. The van der Waals surface area contributed by atoms with E-state index in [1.165, 1.54) is 0 Å². The van der Waals surface area contributed by atoms with E-state index in [0.29, 0.717) is 22.3 Å². The highest BCUT2D eigenvalue weighted by Gasteiger charge is 2.08. The highest BCUT2D eigenvalue weighted by Crippen LogP contribution is 2.23. The Bertz CT molecular complexity index is 290. The summed E-state index contributed by atoms with van der Waals surface area (Å²) in [6.07, 6.45) is 0.415. The molecule has 2 nitrogen and oxygen atoms in total. The Hall–Kier alpha value is -0.730. The molecule has 4 heteroatoms. The SMILES string of the molecule is NC(=[NH2+])Cc1c(Cl)cccc1Cl. The molecule has 0 fully saturated rings. The van der Waals surface area contributed by atoms with Gasteiger partial charge in [-0.1, -0.05) is 29.3 Å². The van der Waals surface area contributed by atoms with Crippen LogP contribution in [-0.4, -0.2) is 5.84 Å². The van der Waals surface area contributed by atoms with Gasteiger partial charge in [-0.2, -0.15) is 0 Å². The van der Waals surface area contributed by atoms with Gasteiger partial charge in [-0.05, 0) is 12.1 Å². The molecule has 0 saturated carbocycles. The summed E-state index contributed by atoms with van der Waals surface area (Å²) in [5.41, 5.74) is 6.12. The van der Waals surface area contributed by atoms with Crippen LogP contribution in [0.25, 0.3) is 0 Å². The summed E-state index contributed by atoms with van der Waals surface area (Å²) in [6.45, 7) is 0. The second kappa shape index (κ2) is 3.78. The first-order chi connectivity index (χ1) is 5.61. The van der Waals surface area contributed by atoms with Crippen molar-refractivity contribution >= 4 is 29.0 Å². The molecule has 0 aromatic heterocycles. The normalized spacial score (nSPS) is 9.83. The molecule has 0 heterocycles. The zero-order valence-electron chi connectivity index (χ0n) is 6.35. The zero-order chi connectivity index (χ0) is 9.14. The van der Waals surface area contributed by atoms with Gasteiger partial charge in [0.05, 0.1) is 6.42 Å². The number of amidine groups is 1. The first-order valence-electron chi connectivity index (χ1n) is 3.41. The Labute approximate surface area is 80.8 Å². The lowest BCUT2D eigenvalue weighted by atomic mass is 10.1. The molecule has 0 aliphatic heterocycles. The molecule has 0 atom stereocenters. The van der Waals surface area contributed by atoms with Gasteiger partial charge in [-0.3, -0.25) is 11.1 Å². The Balaban J connectivity index is 3.04. The largest absolute Gasteiger partial charge is 0.291 e. The Morgan fingerprint density at radius 3 is 2.25 bits per heavy atom. The van der Waals surface area contributed by atoms with Crippen LogP contribution < -0.4 is 11.1 Å². The van der Waals surface area contributed by atoms with Gasteiger partial charge in [-0.15, -0.1) is 0 Å². The summed E-state index contributed by atoms with van der Waals surface area (Å²) in [6, 6.07) is 5.29. The van der Waals surface area contributed by atoms with Crippen LogP contribution in [0, 0.1) is 0 Å². The van der Waals surface area contributed by atoms with Crippen molar-refractivity contribution in [1.29, 1.82) is 0 Å². The van der Waals surface area contributed by atoms with Crippen molar-refractivity contribution in [3.63, 3.8) is 0 Å². The van der Waals surface area contributed by atoms with E-state index in [9.17, 15) is 0 Å². The standard InChI is InChI=1S/C8H8Cl2N2/c9-6-2-1-3-7(10)5(6)4-8(11)12/h1-3H,4H2,(H3,11,12)/p+1. The van der Waals surface area contributed by atoms with Gasteiger partial charge < -0.3 is 0 Å². The zero-order valence-corrected chi connectivity index (χ0v) is 7.86. The van der Waals surface area contributed by atoms with E-state index in [0.717, 1.165) is 5.56 Å². The Morgan fingerprint density at radius 2 is 1.83 bits per heavy atom. The average Bonchev–Trinajstić information content (AvgIpc) is 1.97. The predicted octanol–water partition coefficient (Wildman–Crippen LogP) is 0.652. The fourth-order valence-electron chi connectivity index (χ4n) is 0.905. The van der Waals surface area contributed by atoms with Crippen LogP contribution in [0.1, 0.15) is 5.56 Å². The van der Waals surface area contributed by atoms with E-state index >= 15 is 0 Å². The van der Waals surface area contributed by atoms with E-state index in [1.54, 1.807) is 18.2 Å². The van der Waals surface area contributed by atoms with Gasteiger partial charge in [-0.25, -0.2) is 0 Å². The van der Waals surface area contributed by atoms with Crippen LogP contribution in [0.4, 0.5) is 0 Å². The van der Waals surface area contributed by atoms with Crippen molar-refractivity contribution in [3.8, 4) is 0 Å². The van der Waals surface area contributed by atoms with Crippen LogP contribution in [0.5, 0.6) is 0 Å². The van der Waals surface area contributed by atoms with Crippen LogP contribution in [0.3, 0.4) is 0 Å². The molecule has 0 radical (unpaired) electrons. The summed E-state index contributed by atoms with van der Waals surface area (Å²) in [5, 5.41) is 6.53. The Morgan fingerprint density at radius 1 is 1.33 bits per heavy atom. The van der Waals surface area contributed by atoms with E-state index in [4.69, 9.17) is 34.3 Å². The van der Waals surface area contributed by atoms with E-state index < -0.39 is 0 Å². The van der Waals surface area contributed by atoms with Crippen LogP contribution in [0.15, 0.2) is 18.2 Å². The molecular weight excluding hydrogens is 195 g/mol. The molecule has 4 N–H and O–H groups in total. The molecular formula is C8H9Cl2N2+. The molecule has 0 amide bonds. The molecule has 12 heavy (non-hydrogen) atoms. The van der Waals surface area contributed by atoms with Gasteiger partial charge in [0.1, 0.15) is 0 Å². The van der Waals surface area contributed by atoms with E-state index in [1.807, 2.05) is 0 Å². The molecule has 1 aromatic carbocycles. The van der Waals surface area contributed by atoms with Crippen molar-refractivity contribution in [3.05, 3.63) is 33.8 Å². The third-order valence-electron chi connectivity index (χ3n) is 1.44. The molecule has 1 aromatic rings. The number of hydrogen-bond acceptors (Lipinski definition) is 0. The number of halogens is 2. The average molecular weight is 204 g/mol. The van der Waals surface area contributed by atoms with Gasteiger partial charge >= 0.3 is 0 Å². The third-order valence-corrected chi connectivity index (χ3v) is 2.15. The molecule has 64 valence electrons. The number of nitrogens with two attached hydrogens (primary N) is 2. The Kier molecular flexibility index (Phi) is 2.95. The molecule has 0 unspecified atom stereocenters. The minimum Gasteiger partial charge on any atom is -0.291 e. The van der Waals surface area contributed by atoms with Crippen LogP contribution in [-0.2, 0) is 6.42 Å². The highest BCUT2D eigenvalue weighted by molar-refractivity contribution is 6.36. The van der Waals surface area contributed by atoms with E-state index in [2.05, 4.69) is 0 Å². The lowest BCUT2D eigenvalue weighted by Crippen LogP contribution is -2.46. The second-order valence-corrected chi connectivity index (χ2v) is 3.27. The van der Waals surface area contributed by atoms with Crippen LogP contribution >= 0.6 is 23.2 Å². The molecule has 0 aliphatic carbocycles. The smallest absolute Gasteiger partial charge is 0.242 e. The van der Waals surface area contributed by atoms with Crippen LogP contribution in [0.2, 0.25) is 10.0 Å². The predicted molar refractivity (Wildman–Crippen MR) is 51.3 cm³/mol. The summed E-state index contributed by atoms with van der Waals surface area (Å²) >= 11 is 11.7. The number of rotatable bonds is 2. The van der Waals surface area contributed by atoms with Gasteiger partial charge in [0.2, 0.25) is 5.84 Å². The fraction of sp³-hybridized carbons (Fsp3) is 0.125. The summed E-state index contributed by atoms with van der Waals surface area (Å²) in [4.78, 5) is 0. The van der Waals surface area contributed by atoms with Crippen molar-refractivity contribution in [1.82, 2.24) is 0 Å². The summed E-state index contributed by atoms with van der Waals surface area (Å²) < 4.78 is 0.